The number of hydrogen-bond acceptors (Lipinski definition) is 5. The first-order chi connectivity index (χ1) is 14.8. The van der Waals surface area contributed by atoms with E-state index in [0.717, 1.165) is 46.7 Å². The number of aliphatic hydroxyl groups excluding tert-OH is 1. The zero-order chi connectivity index (χ0) is 22.1. The van der Waals surface area contributed by atoms with Gasteiger partial charge in [-0.3, -0.25) is 14.4 Å². The van der Waals surface area contributed by atoms with Gasteiger partial charge >= 0.3 is 0 Å². The van der Waals surface area contributed by atoms with Crippen LogP contribution in [-0.4, -0.2) is 51.2 Å². The summed E-state index contributed by atoms with van der Waals surface area (Å²) in [5.41, 5.74) is 6.27. The van der Waals surface area contributed by atoms with Crippen molar-refractivity contribution in [2.24, 2.45) is 7.05 Å². The van der Waals surface area contributed by atoms with E-state index in [4.69, 9.17) is 0 Å². The first-order valence-electron chi connectivity index (χ1n) is 10.5. The lowest BCUT2D eigenvalue weighted by atomic mass is 10.0. The van der Waals surface area contributed by atoms with Crippen molar-refractivity contribution < 1.29 is 9.90 Å². The molecule has 7 heteroatoms. The minimum absolute atomic E-state index is 0.0916. The van der Waals surface area contributed by atoms with Crippen molar-refractivity contribution in [1.29, 1.82) is 0 Å². The van der Waals surface area contributed by atoms with E-state index in [1.54, 1.807) is 11.8 Å². The topological polar surface area (TPSA) is 73.6 Å². The summed E-state index contributed by atoms with van der Waals surface area (Å²) in [5.74, 6) is 0.896. The Balaban J connectivity index is 1.51. The molecule has 2 N–H and O–H groups in total. The number of aromatic nitrogens is 2. The molecule has 0 bridgehead atoms. The van der Waals surface area contributed by atoms with Crippen molar-refractivity contribution in [1.82, 2.24) is 19.6 Å². The number of carbonyl (C=O) groups is 1. The van der Waals surface area contributed by atoms with Crippen molar-refractivity contribution in [2.75, 3.05) is 26.0 Å². The summed E-state index contributed by atoms with van der Waals surface area (Å²) in [6, 6.07) is 16.1. The van der Waals surface area contributed by atoms with E-state index in [-0.39, 0.29) is 5.91 Å². The molecule has 162 valence electrons. The molecule has 0 fully saturated rings. The zero-order valence-corrected chi connectivity index (χ0v) is 18.5. The number of fused-ring (bicyclic) bond motifs is 1. The predicted molar refractivity (Wildman–Crippen MR) is 122 cm³/mol. The van der Waals surface area contributed by atoms with E-state index in [0.29, 0.717) is 6.54 Å². The molecule has 2 aromatic carbocycles. The zero-order valence-electron chi connectivity index (χ0n) is 18.5. The van der Waals surface area contributed by atoms with E-state index in [9.17, 15) is 9.90 Å². The van der Waals surface area contributed by atoms with E-state index >= 15 is 0 Å². The van der Waals surface area contributed by atoms with Crippen LogP contribution in [0.5, 0.6) is 0 Å². The molecule has 4 rings (SSSR count). The van der Waals surface area contributed by atoms with E-state index in [2.05, 4.69) is 22.5 Å². The summed E-state index contributed by atoms with van der Waals surface area (Å²) >= 11 is 0. The van der Waals surface area contributed by atoms with Crippen LogP contribution in [0, 0.1) is 0 Å². The van der Waals surface area contributed by atoms with Crippen LogP contribution in [0.15, 0.2) is 48.5 Å². The van der Waals surface area contributed by atoms with Gasteiger partial charge in [-0.2, -0.15) is 5.10 Å². The van der Waals surface area contributed by atoms with Crippen LogP contribution in [0.25, 0.3) is 11.1 Å². The normalized spacial score (nSPS) is 14.5. The maximum absolute atomic E-state index is 11.8. The number of hydrogen-bond donors (Lipinski definition) is 2. The third-order valence-electron chi connectivity index (χ3n) is 5.87. The molecule has 31 heavy (non-hydrogen) atoms. The Morgan fingerprint density at radius 1 is 1.10 bits per heavy atom. The molecule has 1 amide bonds. The lowest BCUT2D eigenvalue weighted by molar-refractivity contribution is -0.129. The summed E-state index contributed by atoms with van der Waals surface area (Å²) in [6.45, 7) is 2.94. The first-order valence-corrected chi connectivity index (χ1v) is 10.5. The van der Waals surface area contributed by atoms with Gasteiger partial charge in [-0.15, -0.1) is 0 Å². The minimum atomic E-state index is -0.608. The summed E-state index contributed by atoms with van der Waals surface area (Å²) in [6.07, 6.45) is 0.209. The van der Waals surface area contributed by atoms with Gasteiger partial charge in [0.25, 0.3) is 0 Å². The highest BCUT2D eigenvalue weighted by Crippen LogP contribution is 2.29. The Morgan fingerprint density at radius 3 is 2.29 bits per heavy atom. The van der Waals surface area contributed by atoms with Gasteiger partial charge in [0.15, 0.2) is 5.82 Å². The third-order valence-corrected chi connectivity index (χ3v) is 5.87. The SMILES string of the molecule is CC(=O)N1CCc2c(c(Nc3ccc(-c4ccc(C(O)N(C)C)cc4)cc3)nn2C)C1. The summed E-state index contributed by atoms with van der Waals surface area (Å²) < 4.78 is 1.91. The van der Waals surface area contributed by atoms with Crippen LogP contribution in [0.2, 0.25) is 0 Å². The maximum atomic E-state index is 11.8. The first kappa shape index (κ1) is 21.1. The Hall–Kier alpha value is -3.16. The van der Waals surface area contributed by atoms with E-state index in [1.165, 1.54) is 5.69 Å². The van der Waals surface area contributed by atoms with Gasteiger partial charge in [0.1, 0.15) is 6.23 Å². The molecule has 3 aromatic rings. The number of benzene rings is 2. The number of amides is 1. The van der Waals surface area contributed by atoms with Crippen molar-refractivity contribution in [3.8, 4) is 11.1 Å². The molecule has 1 atom stereocenters. The lowest BCUT2D eigenvalue weighted by Crippen LogP contribution is -2.34. The van der Waals surface area contributed by atoms with Gasteiger partial charge in [0.2, 0.25) is 5.91 Å². The minimum Gasteiger partial charge on any atom is -0.374 e. The molecule has 1 aliphatic heterocycles. The van der Waals surface area contributed by atoms with Crippen LogP contribution in [0.3, 0.4) is 0 Å². The van der Waals surface area contributed by atoms with Gasteiger partial charge in [0, 0.05) is 43.9 Å². The number of anilines is 2. The molecule has 0 radical (unpaired) electrons. The molecule has 2 heterocycles. The van der Waals surface area contributed by atoms with Gasteiger partial charge in [-0.05, 0) is 42.9 Å². The molecule has 0 saturated heterocycles. The van der Waals surface area contributed by atoms with Gasteiger partial charge < -0.3 is 15.3 Å². The molecular weight excluding hydrogens is 390 g/mol. The molecular formula is C24H29N5O2. The Kier molecular flexibility index (Phi) is 5.80. The van der Waals surface area contributed by atoms with Crippen LogP contribution < -0.4 is 5.32 Å². The standard InChI is InChI=1S/C24H29N5O2/c1-16(30)29-14-13-22-21(15-29)23(26-28(22)4)25-20-11-9-18(10-12-20)17-5-7-19(8-6-17)24(31)27(2)3/h5-12,24,31H,13-15H2,1-4H3,(H,25,26). The van der Waals surface area contributed by atoms with E-state index in [1.807, 2.05) is 67.1 Å². The smallest absolute Gasteiger partial charge is 0.219 e. The largest absolute Gasteiger partial charge is 0.374 e. The Labute approximate surface area is 182 Å². The number of carbonyl (C=O) groups excluding carboxylic acids is 1. The molecule has 0 spiro atoms. The molecule has 0 saturated carbocycles. The van der Waals surface area contributed by atoms with Crippen LogP contribution in [0.1, 0.15) is 30.0 Å². The van der Waals surface area contributed by atoms with Crippen LogP contribution in [-0.2, 0) is 24.8 Å². The fraction of sp³-hybridized carbons (Fsp3) is 0.333. The van der Waals surface area contributed by atoms with Gasteiger partial charge in [-0.25, -0.2) is 0 Å². The number of nitrogens with zero attached hydrogens (tertiary/aromatic N) is 4. The Morgan fingerprint density at radius 2 is 1.71 bits per heavy atom. The van der Waals surface area contributed by atoms with E-state index < -0.39 is 6.23 Å². The van der Waals surface area contributed by atoms with Crippen molar-refractivity contribution in [2.45, 2.75) is 26.1 Å². The van der Waals surface area contributed by atoms with Gasteiger partial charge in [-0.1, -0.05) is 36.4 Å². The number of rotatable bonds is 5. The average Bonchev–Trinajstić information content (AvgIpc) is 3.08. The van der Waals surface area contributed by atoms with Crippen molar-refractivity contribution in [3.05, 3.63) is 65.4 Å². The average molecular weight is 420 g/mol. The molecule has 1 aliphatic rings. The second kappa shape index (κ2) is 8.53. The lowest BCUT2D eigenvalue weighted by Gasteiger charge is -2.26. The van der Waals surface area contributed by atoms with Gasteiger partial charge in [0.05, 0.1) is 6.54 Å². The fourth-order valence-corrected chi connectivity index (χ4v) is 3.99. The predicted octanol–water partition coefficient (Wildman–Crippen LogP) is 3.29. The highest BCUT2D eigenvalue weighted by molar-refractivity contribution is 5.74. The number of nitrogens with one attached hydrogen (secondary N) is 1. The third kappa shape index (κ3) is 4.33. The number of aryl methyl sites for hydroxylation is 1. The summed E-state index contributed by atoms with van der Waals surface area (Å²) in [4.78, 5) is 15.4. The van der Waals surface area contributed by atoms with Crippen LogP contribution >= 0.6 is 0 Å². The molecule has 7 nitrogen and oxygen atoms in total. The van der Waals surface area contributed by atoms with Crippen LogP contribution in [0.4, 0.5) is 11.5 Å². The summed E-state index contributed by atoms with van der Waals surface area (Å²) in [5, 5.41) is 18.2. The molecule has 1 aromatic heterocycles. The second-order valence-corrected chi connectivity index (χ2v) is 8.25. The van der Waals surface area contributed by atoms with Crippen molar-refractivity contribution >= 4 is 17.4 Å². The Bertz CT molecular complexity index is 1070. The highest BCUT2D eigenvalue weighted by atomic mass is 16.3. The highest BCUT2D eigenvalue weighted by Gasteiger charge is 2.25. The second-order valence-electron chi connectivity index (χ2n) is 8.25. The fourth-order valence-electron chi connectivity index (χ4n) is 3.99. The molecule has 1 unspecified atom stereocenters. The molecule has 0 aliphatic carbocycles. The summed E-state index contributed by atoms with van der Waals surface area (Å²) in [7, 11) is 5.65. The number of aliphatic hydroxyl groups is 1. The quantitative estimate of drug-likeness (QED) is 0.621. The maximum Gasteiger partial charge on any atom is 0.219 e. The van der Waals surface area contributed by atoms with Crippen molar-refractivity contribution in [3.63, 3.8) is 0 Å². The monoisotopic (exact) mass is 419 g/mol.